The van der Waals surface area contributed by atoms with Gasteiger partial charge in [-0.1, -0.05) is 24.3 Å². The normalized spacial score (nSPS) is 17.5. The number of aromatic nitrogens is 6. The van der Waals surface area contributed by atoms with Crippen LogP contribution in [0.25, 0.3) is 33.6 Å². The van der Waals surface area contributed by atoms with E-state index in [9.17, 15) is 82.7 Å². The van der Waals surface area contributed by atoms with Gasteiger partial charge >= 0.3 is 36.4 Å². The molecule has 9 aromatic rings. The van der Waals surface area contributed by atoms with E-state index in [4.69, 9.17) is 47.6 Å². The number of morpholine rings is 3. The summed E-state index contributed by atoms with van der Waals surface area (Å²) in [6, 6.07) is 6.00. The number of benzene rings is 6. The highest BCUT2D eigenvalue weighted by Crippen LogP contribution is 2.44. The molecule has 760 valence electrons. The van der Waals surface area contributed by atoms with Gasteiger partial charge in [-0.05, 0) is 192 Å². The zero-order valence-electron chi connectivity index (χ0n) is 79.4. The highest BCUT2D eigenvalue weighted by atomic mass is 19.4. The molecule has 30 nitrogen and oxygen atoms in total. The van der Waals surface area contributed by atoms with Crippen LogP contribution in [0.15, 0.2) is 93.4 Å². The van der Waals surface area contributed by atoms with E-state index in [-0.39, 0.29) is 109 Å². The van der Waals surface area contributed by atoms with E-state index in [1.807, 2.05) is 0 Å². The Labute approximate surface area is 805 Å². The minimum atomic E-state index is -4.73. The first-order valence-electron chi connectivity index (χ1n) is 45.9. The van der Waals surface area contributed by atoms with Gasteiger partial charge in [-0.25, -0.2) is 46.9 Å². The molecule has 16 rings (SSSR count). The molecule has 0 spiro atoms. The minimum absolute atomic E-state index is 0.0319. The standard InChI is InChI=1S/C34H35F5N4O6.C33H36F4N4O6.C32H34F4N4O6/c1-42-26-8-4-3-7-24(26)40-29(32(42)45)21-10-9-18(20-6-5-12-49-30(20)21)14-25(33(46)47-2)41-31(44)28-22(35)15-19(16-23(28)36)43-11-13-48-17-27(43)34(37,38)39;1-17-13-21(41-10-12-46-16-26(41)33(35,36)37)15-24(34)27(17)30(42)39-25(32(44)45-5)14-20-8-9-23(29-22(20)7-6-11-47-29)28-18(2)38-19(3)40(4)31(28)43;1-17-12-20(40-9-11-45-16-25(40)32(34,35)36)14-23(33)26(17)29(41)38-24(31(43)44-4)13-19-7-8-22(28-21(19)6-5-10-46-28)27-30(42)39(3)18(2)15-37-27/h9-10,15-16,25,27H,3-8,11-14,17H2,1-2H3,(H,41,44);8-9,13,15,25-26H,6-7,10-12,14,16H2,1-5H3,(H,39,42);7-8,12,14-15,24-25H,5-6,9-11,13,16H2,1-4H3,(H,38,41)/t25-,27+;25-,26+;24-,25+/m000/s1. The van der Waals surface area contributed by atoms with Crippen molar-refractivity contribution in [2.24, 2.45) is 21.1 Å². The number of amides is 3. The SMILES string of the molecule is COC(=O)[C@H](Cc1ccc(-c2c(C)nc(C)n(C)c2=O)c2c1CCCO2)NC(=O)c1c(C)cc(N2CCOC[C@@H]2C(F)(F)F)cc1F.COC(=O)[C@H](Cc1ccc(-c2nc3c(n(C)c2=O)CCCC3)c2c1CCCO2)NC(=O)c1c(F)cc(N2CCOC[C@@H]2C(F)(F)F)cc1F.COC(=O)[C@H](Cc1ccc(-c2ncc(C)n(C)c2=O)c2c1CCCO2)NC(=O)c1c(C)cc(N2CCOC[C@@H]2C(F)(F)F)cc1F. The zero-order chi connectivity index (χ0) is 103. The molecule has 7 aliphatic rings. The molecule has 1 aliphatic carbocycles. The van der Waals surface area contributed by atoms with Crippen molar-refractivity contribution in [2.75, 3.05) is 115 Å². The molecule has 43 heteroatoms. The first kappa shape index (κ1) is 104. The quantitative estimate of drug-likeness (QED) is 0.0342. The fraction of sp³-hybridized carbons (Fsp3) is 0.455. The number of hydrogen-bond donors (Lipinski definition) is 3. The van der Waals surface area contributed by atoms with Crippen molar-refractivity contribution >= 4 is 52.7 Å². The second kappa shape index (κ2) is 43.6. The van der Waals surface area contributed by atoms with Gasteiger partial charge in [0.25, 0.3) is 34.4 Å². The van der Waals surface area contributed by atoms with E-state index in [0.29, 0.717) is 149 Å². The molecule has 6 aliphatic heterocycles. The van der Waals surface area contributed by atoms with Crippen LogP contribution in [0.4, 0.5) is 74.1 Å². The largest absolute Gasteiger partial charge is 0.493 e. The summed E-state index contributed by atoms with van der Waals surface area (Å²) < 4.78 is 236. The molecule has 3 amide bonds. The molecule has 3 fully saturated rings. The summed E-state index contributed by atoms with van der Waals surface area (Å²) >= 11 is 0. The molecule has 6 atom stereocenters. The highest BCUT2D eigenvalue weighted by Gasteiger charge is 2.50. The lowest BCUT2D eigenvalue weighted by Crippen LogP contribution is -2.53. The number of aryl methyl sites for hydroxylation is 6. The van der Waals surface area contributed by atoms with Crippen LogP contribution in [0.2, 0.25) is 0 Å². The average molecular weight is 2000 g/mol. The number of nitrogens with zero attached hydrogens (tertiary/aromatic N) is 9. The maximum absolute atomic E-state index is 15.5. The maximum atomic E-state index is 15.5. The number of halogens is 13. The summed E-state index contributed by atoms with van der Waals surface area (Å²) in [5.74, 6) is -8.54. The van der Waals surface area contributed by atoms with Crippen molar-refractivity contribution in [2.45, 2.75) is 173 Å². The van der Waals surface area contributed by atoms with E-state index in [0.717, 1.165) is 96.4 Å². The van der Waals surface area contributed by atoms with Crippen molar-refractivity contribution in [3.63, 3.8) is 0 Å². The molecule has 3 N–H and O–H groups in total. The number of anilines is 3. The summed E-state index contributed by atoms with van der Waals surface area (Å²) in [6.45, 7) is 6.86. The summed E-state index contributed by atoms with van der Waals surface area (Å²) in [5, 5.41) is 7.44. The Hall–Kier alpha value is -13.5. The number of esters is 3. The van der Waals surface area contributed by atoms with E-state index in [1.165, 1.54) is 35.1 Å². The van der Waals surface area contributed by atoms with Gasteiger partial charge < -0.3 is 82.4 Å². The lowest BCUT2D eigenvalue weighted by molar-refractivity contribution is -0.167. The lowest BCUT2D eigenvalue weighted by Gasteiger charge is -2.38. The van der Waals surface area contributed by atoms with Crippen LogP contribution in [-0.2, 0) is 115 Å². The number of nitrogens with one attached hydrogen (secondary N) is 3. The third kappa shape index (κ3) is 22.2. The Balaban J connectivity index is 0.000000169. The number of alkyl halides is 9. The van der Waals surface area contributed by atoms with E-state index in [1.54, 1.807) is 89.1 Å². The third-order valence-electron chi connectivity index (χ3n) is 26.4. The van der Waals surface area contributed by atoms with Crippen molar-refractivity contribution < 1.29 is 128 Å². The molecule has 9 heterocycles. The zero-order valence-corrected chi connectivity index (χ0v) is 79.4. The molecule has 6 aromatic carbocycles. The molecule has 142 heavy (non-hydrogen) atoms. The molecule has 0 radical (unpaired) electrons. The Morgan fingerprint density at radius 1 is 0.430 bits per heavy atom. The van der Waals surface area contributed by atoms with Crippen LogP contribution < -0.4 is 61.5 Å². The predicted octanol–water partition coefficient (Wildman–Crippen LogP) is 12.1. The third-order valence-corrected chi connectivity index (χ3v) is 26.4. The number of carbonyl (C=O) groups excluding carboxylic acids is 6. The first-order valence-corrected chi connectivity index (χ1v) is 45.9. The topological polar surface area (TPSA) is 336 Å². The average Bonchev–Trinajstić information content (AvgIpc) is 0.750. The van der Waals surface area contributed by atoms with Gasteiger partial charge in [0, 0.05) is 111 Å². The Morgan fingerprint density at radius 3 is 1.18 bits per heavy atom. The number of hydrogen-bond acceptors (Lipinski definition) is 24. The number of methoxy groups -OCH3 is 3. The minimum Gasteiger partial charge on any atom is -0.493 e. The van der Waals surface area contributed by atoms with Gasteiger partial charge in [0.05, 0.1) is 109 Å². The molecular weight excluding hydrogens is 1890 g/mol. The maximum Gasteiger partial charge on any atom is 0.411 e. The number of carbonyl (C=O) groups is 6. The van der Waals surface area contributed by atoms with E-state index < -0.39 is 156 Å². The van der Waals surface area contributed by atoms with Gasteiger partial charge in [0.2, 0.25) is 0 Å². The summed E-state index contributed by atoms with van der Waals surface area (Å²) in [4.78, 5) is 135. The van der Waals surface area contributed by atoms with E-state index >= 15 is 17.6 Å². The number of ether oxygens (including phenoxy) is 9. The van der Waals surface area contributed by atoms with Gasteiger partial charge in [-0.3, -0.25) is 33.3 Å². The van der Waals surface area contributed by atoms with Gasteiger partial charge in [-0.2, -0.15) is 39.5 Å². The van der Waals surface area contributed by atoms with Crippen molar-refractivity contribution in [1.29, 1.82) is 0 Å². The Morgan fingerprint density at radius 2 is 0.789 bits per heavy atom. The van der Waals surface area contributed by atoms with Gasteiger partial charge in [-0.15, -0.1) is 0 Å². The molecule has 0 bridgehead atoms. The monoisotopic (exact) mass is 2000 g/mol. The smallest absolute Gasteiger partial charge is 0.411 e. The van der Waals surface area contributed by atoms with Gasteiger partial charge in [0.15, 0.2) is 0 Å². The number of rotatable bonds is 21. The van der Waals surface area contributed by atoms with Crippen LogP contribution >= 0.6 is 0 Å². The van der Waals surface area contributed by atoms with Crippen LogP contribution in [0, 0.1) is 57.9 Å². The van der Waals surface area contributed by atoms with Crippen LogP contribution in [-0.4, -0.2) is 219 Å². The van der Waals surface area contributed by atoms with Crippen molar-refractivity contribution in [3.8, 4) is 50.9 Å². The van der Waals surface area contributed by atoms with Gasteiger partial charge in [0.1, 0.15) is 99.5 Å². The van der Waals surface area contributed by atoms with Crippen LogP contribution in [0.1, 0.15) is 136 Å². The number of fused-ring (bicyclic) bond motifs is 4. The second-order valence-corrected chi connectivity index (χ2v) is 35.4. The fourth-order valence-electron chi connectivity index (χ4n) is 18.9. The predicted molar refractivity (Wildman–Crippen MR) is 491 cm³/mol. The first-order chi connectivity index (χ1) is 67.4. The summed E-state index contributed by atoms with van der Waals surface area (Å²) in [6.07, 6.45) is -5.45. The van der Waals surface area contributed by atoms with E-state index in [2.05, 4.69) is 25.9 Å². The second-order valence-electron chi connectivity index (χ2n) is 35.4. The lowest BCUT2D eigenvalue weighted by atomic mass is 9.90. The van der Waals surface area contributed by atoms with Crippen molar-refractivity contribution in [3.05, 3.63) is 223 Å². The Bertz CT molecular complexity index is 6500. The van der Waals surface area contributed by atoms with Crippen LogP contribution in [0.3, 0.4) is 0 Å². The summed E-state index contributed by atoms with van der Waals surface area (Å²) in [7, 11) is 8.42. The molecular formula is C99H105F13N12O18. The molecule has 0 saturated carbocycles. The van der Waals surface area contributed by atoms with Crippen LogP contribution in [0.5, 0.6) is 17.2 Å². The molecule has 3 aromatic heterocycles. The molecule has 3 saturated heterocycles. The Kier molecular flexibility index (Phi) is 32.0. The summed E-state index contributed by atoms with van der Waals surface area (Å²) in [5.41, 5.74) is 6.55. The fourth-order valence-corrected chi connectivity index (χ4v) is 18.9. The molecule has 0 unspecified atom stereocenters. The highest BCUT2D eigenvalue weighted by molar-refractivity contribution is 6.00. The van der Waals surface area contributed by atoms with Crippen molar-refractivity contribution in [1.82, 2.24) is 44.6 Å².